The van der Waals surface area contributed by atoms with Crippen molar-refractivity contribution < 1.29 is 9.47 Å². The molecule has 0 saturated carbocycles. The van der Waals surface area contributed by atoms with Gasteiger partial charge in [0.1, 0.15) is 17.5 Å². The number of nitrogens with zero attached hydrogens (tertiary/aromatic N) is 2. The molecule has 2 N–H and O–H groups in total. The molecule has 26 heavy (non-hydrogen) atoms. The van der Waals surface area contributed by atoms with Crippen molar-refractivity contribution in [3.63, 3.8) is 0 Å². The Morgan fingerprint density at radius 1 is 0.923 bits per heavy atom. The maximum atomic E-state index is 5.41. The topological polar surface area (TPSA) is 68.3 Å². The van der Waals surface area contributed by atoms with Gasteiger partial charge in [-0.05, 0) is 31.0 Å². The quantitative estimate of drug-likeness (QED) is 0.704. The van der Waals surface area contributed by atoms with Crippen LogP contribution in [0, 0.1) is 6.92 Å². The number of hydrogen-bond acceptors (Lipinski definition) is 6. The molecule has 0 fully saturated rings. The van der Waals surface area contributed by atoms with Crippen LogP contribution >= 0.6 is 0 Å². The molecule has 0 spiro atoms. The molecule has 0 bridgehead atoms. The third kappa shape index (κ3) is 3.85. The Labute approximate surface area is 152 Å². The Bertz CT molecular complexity index is 900. The van der Waals surface area contributed by atoms with Crippen molar-refractivity contribution in [1.82, 2.24) is 9.97 Å². The molecule has 0 unspecified atom stereocenters. The van der Waals surface area contributed by atoms with Crippen molar-refractivity contribution >= 4 is 17.3 Å². The first-order valence-electron chi connectivity index (χ1n) is 8.56. The molecule has 0 saturated heterocycles. The van der Waals surface area contributed by atoms with Crippen molar-refractivity contribution in [3.8, 4) is 11.5 Å². The predicted octanol–water partition coefficient (Wildman–Crippen LogP) is 3.91. The summed E-state index contributed by atoms with van der Waals surface area (Å²) in [7, 11) is 0. The normalized spacial score (nSPS) is 12.0. The van der Waals surface area contributed by atoms with Gasteiger partial charge in [0, 0.05) is 24.4 Å². The van der Waals surface area contributed by atoms with E-state index in [1.165, 1.54) is 5.56 Å². The second-order valence-corrected chi connectivity index (χ2v) is 6.04. The first kappa shape index (κ1) is 16.2. The summed E-state index contributed by atoms with van der Waals surface area (Å²) in [5, 5.41) is 6.66. The Hall–Kier alpha value is -3.28. The average molecular weight is 348 g/mol. The van der Waals surface area contributed by atoms with Gasteiger partial charge >= 0.3 is 0 Å². The van der Waals surface area contributed by atoms with Gasteiger partial charge in [0.05, 0.1) is 0 Å². The number of ether oxygens (including phenoxy) is 2. The van der Waals surface area contributed by atoms with E-state index in [1.54, 1.807) is 0 Å². The summed E-state index contributed by atoms with van der Waals surface area (Å²) in [4.78, 5) is 8.91. The van der Waals surface area contributed by atoms with Gasteiger partial charge in [-0.25, -0.2) is 9.97 Å². The van der Waals surface area contributed by atoms with Gasteiger partial charge in [0.25, 0.3) is 0 Å². The fourth-order valence-corrected chi connectivity index (χ4v) is 2.82. The summed E-state index contributed by atoms with van der Waals surface area (Å²) >= 11 is 0. The second-order valence-electron chi connectivity index (χ2n) is 6.04. The first-order chi connectivity index (χ1) is 12.8. The van der Waals surface area contributed by atoms with E-state index in [1.807, 2.05) is 37.3 Å². The number of nitrogens with one attached hydrogen (secondary N) is 2. The molecule has 1 aliphatic rings. The van der Waals surface area contributed by atoms with E-state index < -0.39 is 0 Å². The van der Waals surface area contributed by atoms with E-state index in [2.05, 4.69) is 44.9 Å². The second kappa shape index (κ2) is 7.31. The van der Waals surface area contributed by atoms with Gasteiger partial charge in [-0.15, -0.1) is 0 Å². The molecule has 2 heterocycles. The fourth-order valence-electron chi connectivity index (χ4n) is 2.82. The maximum absolute atomic E-state index is 5.41. The van der Waals surface area contributed by atoms with Crippen molar-refractivity contribution in [1.29, 1.82) is 0 Å². The van der Waals surface area contributed by atoms with Gasteiger partial charge < -0.3 is 20.1 Å². The number of aryl methyl sites for hydroxylation is 1. The molecule has 1 aliphatic heterocycles. The van der Waals surface area contributed by atoms with Crippen LogP contribution in [0.1, 0.15) is 11.4 Å². The summed E-state index contributed by atoms with van der Waals surface area (Å²) in [6, 6.07) is 18.0. The van der Waals surface area contributed by atoms with Crippen LogP contribution in [0.3, 0.4) is 0 Å². The zero-order chi connectivity index (χ0) is 17.8. The smallest absolute Gasteiger partial charge is 0.231 e. The Balaban J connectivity index is 1.42. The Morgan fingerprint density at radius 2 is 1.73 bits per heavy atom. The monoisotopic (exact) mass is 348 g/mol. The van der Waals surface area contributed by atoms with Gasteiger partial charge in [0.2, 0.25) is 6.79 Å². The molecule has 4 rings (SSSR count). The number of rotatable bonds is 6. The van der Waals surface area contributed by atoms with Crippen LogP contribution < -0.4 is 20.1 Å². The van der Waals surface area contributed by atoms with Crippen LogP contribution in [0.25, 0.3) is 0 Å². The minimum Gasteiger partial charge on any atom is -0.454 e. The lowest BCUT2D eigenvalue weighted by Gasteiger charge is -2.11. The molecule has 0 aliphatic carbocycles. The number of fused-ring (bicyclic) bond motifs is 1. The third-order valence-corrected chi connectivity index (χ3v) is 4.05. The molecule has 2 aromatic carbocycles. The number of aromatic nitrogens is 2. The van der Waals surface area contributed by atoms with E-state index in [4.69, 9.17) is 9.47 Å². The summed E-state index contributed by atoms with van der Waals surface area (Å²) < 4.78 is 10.7. The Kier molecular flexibility index (Phi) is 4.55. The number of anilines is 3. The molecule has 0 atom stereocenters. The molecule has 0 amide bonds. The third-order valence-electron chi connectivity index (χ3n) is 4.05. The van der Waals surface area contributed by atoms with Crippen LogP contribution in [0.5, 0.6) is 11.5 Å². The summed E-state index contributed by atoms with van der Waals surface area (Å²) in [5.41, 5.74) is 2.19. The lowest BCUT2D eigenvalue weighted by atomic mass is 10.1. The van der Waals surface area contributed by atoms with Gasteiger partial charge in [-0.3, -0.25) is 0 Å². The minimum atomic E-state index is 0.265. The predicted molar refractivity (Wildman–Crippen MR) is 101 cm³/mol. The highest BCUT2D eigenvalue weighted by molar-refractivity contribution is 5.63. The van der Waals surface area contributed by atoms with Crippen LogP contribution in [-0.4, -0.2) is 23.3 Å². The highest BCUT2D eigenvalue weighted by Gasteiger charge is 2.13. The largest absolute Gasteiger partial charge is 0.454 e. The zero-order valence-electron chi connectivity index (χ0n) is 14.5. The lowest BCUT2D eigenvalue weighted by molar-refractivity contribution is 0.174. The standard InChI is InChI=1S/C20H20N4O2/c1-14-22-19(21-10-9-15-5-3-2-4-6-15)12-20(23-14)24-16-7-8-17-18(11-16)26-13-25-17/h2-8,11-12H,9-10,13H2,1H3,(H2,21,22,23,24). The van der Waals surface area contributed by atoms with E-state index in [0.717, 1.165) is 41.8 Å². The van der Waals surface area contributed by atoms with E-state index in [9.17, 15) is 0 Å². The Morgan fingerprint density at radius 3 is 2.62 bits per heavy atom. The van der Waals surface area contributed by atoms with Gasteiger partial charge in [-0.1, -0.05) is 30.3 Å². The van der Waals surface area contributed by atoms with Gasteiger partial charge in [0.15, 0.2) is 11.5 Å². The maximum Gasteiger partial charge on any atom is 0.231 e. The molecular weight excluding hydrogens is 328 g/mol. The molecule has 6 nitrogen and oxygen atoms in total. The molecule has 1 aromatic heterocycles. The number of hydrogen-bond donors (Lipinski definition) is 2. The highest BCUT2D eigenvalue weighted by Crippen LogP contribution is 2.35. The summed E-state index contributed by atoms with van der Waals surface area (Å²) in [6.07, 6.45) is 0.939. The molecule has 132 valence electrons. The fraction of sp³-hybridized carbons (Fsp3) is 0.200. The highest BCUT2D eigenvalue weighted by atomic mass is 16.7. The van der Waals surface area contributed by atoms with E-state index in [-0.39, 0.29) is 6.79 Å². The van der Waals surface area contributed by atoms with Gasteiger partial charge in [-0.2, -0.15) is 0 Å². The van der Waals surface area contributed by atoms with Crippen LogP contribution in [0.2, 0.25) is 0 Å². The van der Waals surface area contributed by atoms with Crippen molar-refractivity contribution in [3.05, 3.63) is 66.0 Å². The minimum absolute atomic E-state index is 0.265. The summed E-state index contributed by atoms with van der Waals surface area (Å²) in [5.74, 6) is 3.74. The first-order valence-corrected chi connectivity index (χ1v) is 8.56. The number of benzene rings is 2. The van der Waals surface area contributed by atoms with E-state index >= 15 is 0 Å². The molecule has 6 heteroatoms. The van der Waals surface area contributed by atoms with Crippen LogP contribution in [0.15, 0.2) is 54.6 Å². The van der Waals surface area contributed by atoms with Crippen molar-refractivity contribution in [2.45, 2.75) is 13.3 Å². The zero-order valence-corrected chi connectivity index (χ0v) is 14.5. The van der Waals surface area contributed by atoms with Crippen LogP contribution in [-0.2, 0) is 6.42 Å². The van der Waals surface area contributed by atoms with Crippen molar-refractivity contribution in [2.75, 3.05) is 24.0 Å². The van der Waals surface area contributed by atoms with Crippen LogP contribution in [0.4, 0.5) is 17.3 Å². The SMILES string of the molecule is Cc1nc(NCCc2ccccc2)cc(Nc2ccc3c(c2)OCO3)n1. The molecule has 3 aromatic rings. The molecule has 0 radical (unpaired) electrons. The molecular formula is C20H20N4O2. The van der Waals surface area contributed by atoms with Crippen molar-refractivity contribution in [2.24, 2.45) is 0 Å². The van der Waals surface area contributed by atoms with E-state index in [0.29, 0.717) is 5.82 Å². The summed E-state index contributed by atoms with van der Waals surface area (Å²) in [6.45, 7) is 2.96. The lowest BCUT2D eigenvalue weighted by Crippen LogP contribution is -2.08. The average Bonchev–Trinajstić information content (AvgIpc) is 3.10.